The maximum atomic E-state index is 11.9. The lowest BCUT2D eigenvalue weighted by molar-refractivity contribution is 0.300. The molecule has 0 spiro atoms. The van der Waals surface area contributed by atoms with Crippen molar-refractivity contribution in [3.8, 4) is 34.3 Å². The molecule has 0 bridgehead atoms. The van der Waals surface area contributed by atoms with Gasteiger partial charge in [0.05, 0.1) is 39.9 Å². The number of hydrogen-bond acceptors (Lipinski definition) is 14. The third-order valence-corrected chi connectivity index (χ3v) is 11.5. The number of halogens is 1. The predicted octanol–water partition coefficient (Wildman–Crippen LogP) is 7.61. The number of pyridine rings is 2. The molecule has 51 heavy (non-hydrogen) atoms. The molecule has 0 atom stereocenters. The molecule has 0 aliphatic rings. The van der Waals surface area contributed by atoms with Crippen LogP contribution in [0.2, 0.25) is 5.02 Å². The average molecular weight is 783 g/mol. The number of aromatic nitrogens is 4. The van der Waals surface area contributed by atoms with Crippen LogP contribution in [0, 0.1) is 6.92 Å². The van der Waals surface area contributed by atoms with Gasteiger partial charge in [0.15, 0.2) is 29.9 Å². The summed E-state index contributed by atoms with van der Waals surface area (Å²) in [6.45, 7) is 2.23. The second kappa shape index (κ2) is 14.9. The van der Waals surface area contributed by atoms with Gasteiger partial charge < -0.3 is 20.1 Å². The maximum Gasteiger partial charge on any atom is 0.217 e. The lowest BCUT2D eigenvalue weighted by Crippen LogP contribution is -2.06. The molecule has 6 rings (SSSR count). The third kappa shape index (κ3) is 9.20. The smallest absolute Gasteiger partial charge is 0.217 e. The van der Waals surface area contributed by atoms with E-state index in [4.69, 9.17) is 26.1 Å². The molecule has 0 radical (unpaired) electrons. The lowest BCUT2D eigenvalue weighted by Gasteiger charge is -2.10. The Balaban J connectivity index is 1.10. The highest BCUT2D eigenvalue weighted by Gasteiger charge is 2.15. The Kier molecular flexibility index (Phi) is 10.6. The molecule has 0 saturated carbocycles. The van der Waals surface area contributed by atoms with E-state index in [1.165, 1.54) is 42.1 Å². The van der Waals surface area contributed by atoms with E-state index in [0.29, 0.717) is 46.4 Å². The third-order valence-electron chi connectivity index (χ3n) is 7.32. The molecule has 6 aromatic rings. The summed E-state index contributed by atoms with van der Waals surface area (Å²) >= 11 is 9.02. The number of benzene rings is 2. The van der Waals surface area contributed by atoms with Crippen LogP contribution in [0.1, 0.15) is 11.4 Å². The van der Waals surface area contributed by atoms with Crippen LogP contribution in [0.4, 0.5) is 21.6 Å². The highest BCUT2D eigenvalue weighted by Crippen LogP contribution is 2.33. The lowest BCUT2D eigenvalue weighted by atomic mass is 10.1. The zero-order valence-electron chi connectivity index (χ0n) is 27.7. The molecular formula is C34H31ClN6O6S4. The Morgan fingerprint density at radius 1 is 0.725 bits per heavy atom. The number of anilines is 4. The molecule has 0 aliphatic carbocycles. The number of sulfone groups is 2. The van der Waals surface area contributed by atoms with Gasteiger partial charge in [0.25, 0.3) is 0 Å². The van der Waals surface area contributed by atoms with E-state index in [0.717, 1.165) is 40.2 Å². The molecule has 0 amide bonds. The van der Waals surface area contributed by atoms with Crippen LogP contribution in [0.5, 0.6) is 11.8 Å². The fourth-order valence-corrected chi connectivity index (χ4v) is 8.36. The maximum absolute atomic E-state index is 11.9. The molecule has 17 heteroatoms. The van der Waals surface area contributed by atoms with Gasteiger partial charge in [-0.15, -0.1) is 22.7 Å². The van der Waals surface area contributed by atoms with Crippen LogP contribution < -0.4 is 20.1 Å². The zero-order chi connectivity index (χ0) is 36.3. The molecule has 264 valence electrons. The van der Waals surface area contributed by atoms with Crippen LogP contribution in [-0.2, 0) is 26.1 Å². The standard InChI is InChI=1S/C34H31ClN6O6S4/c1-20-13-21(28-18-48-33(39-28)37-23-5-8-26(9-6-23)50(3,42)43)14-25(36-20)11-12-47-32-16-22(15-31(41-32)46-2)29-19-49-34(40-29)38-24-7-10-30(27(35)17-24)51(4,44)45/h5-10,13-19H,11-12H2,1-4H3,(H,37,39)(H,38,40). The van der Waals surface area contributed by atoms with Crippen molar-refractivity contribution < 1.29 is 26.3 Å². The van der Waals surface area contributed by atoms with E-state index >= 15 is 0 Å². The molecule has 0 aliphatic heterocycles. The first-order valence-corrected chi connectivity index (χ1v) is 21.1. The van der Waals surface area contributed by atoms with E-state index in [-0.39, 0.29) is 14.8 Å². The van der Waals surface area contributed by atoms with Crippen molar-refractivity contribution in [3.63, 3.8) is 0 Å². The summed E-state index contributed by atoms with van der Waals surface area (Å²) < 4.78 is 58.8. The normalized spacial score (nSPS) is 11.7. The molecule has 4 aromatic heterocycles. The van der Waals surface area contributed by atoms with Gasteiger partial charge in [-0.3, -0.25) is 4.98 Å². The van der Waals surface area contributed by atoms with Crippen molar-refractivity contribution in [1.29, 1.82) is 0 Å². The van der Waals surface area contributed by atoms with E-state index in [2.05, 4.69) is 25.6 Å². The SMILES string of the molecule is COc1cc(-c2csc(Nc3ccc(S(C)(=O)=O)c(Cl)c3)n2)cc(OCCc2cc(-c3csc(Nc4ccc(S(C)(=O)=O)cc4)n3)cc(C)n2)n1. The van der Waals surface area contributed by atoms with Gasteiger partial charge in [-0.2, -0.15) is 4.98 Å². The van der Waals surface area contributed by atoms with Crippen molar-refractivity contribution in [2.45, 2.75) is 23.1 Å². The summed E-state index contributed by atoms with van der Waals surface area (Å²) in [4.78, 5) is 18.8. The van der Waals surface area contributed by atoms with Crippen LogP contribution in [-0.4, -0.2) is 63.0 Å². The number of thiazole rings is 2. The molecule has 0 fully saturated rings. The minimum absolute atomic E-state index is 0.0604. The second-order valence-electron chi connectivity index (χ2n) is 11.4. The topological polar surface area (TPSA) is 162 Å². The summed E-state index contributed by atoms with van der Waals surface area (Å²) in [5.41, 5.74) is 6.10. The molecule has 0 unspecified atom stereocenters. The summed E-state index contributed by atoms with van der Waals surface area (Å²) in [5.74, 6) is 0.728. The summed E-state index contributed by atoms with van der Waals surface area (Å²) in [6, 6.07) is 18.7. The summed E-state index contributed by atoms with van der Waals surface area (Å²) in [7, 11) is -5.18. The number of nitrogens with one attached hydrogen (secondary N) is 2. The highest BCUT2D eigenvalue weighted by atomic mass is 35.5. The minimum Gasteiger partial charge on any atom is -0.481 e. The van der Waals surface area contributed by atoms with Crippen LogP contribution >= 0.6 is 34.3 Å². The van der Waals surface area contributed by atoms with Gasteiger partial charge in [-0.05, 0) is 61.5 Å². The fourth-order valence-electron chi connectivity index (χ4n) is 4.92. The Labute approximate surface area is 308 Å². The number of hydrogen-bond donors (Lipinski definition) is 2. The highest BCUT2D eigenvalue weighted by molar-refractivity contribution is 7.91. The number of ether oxygens (including phenoxy) is 2. The van der Waals surface area contributed by atoms with E-state index < -0.39 is 19.7 Å². The van der Waals surface area contributed by atoms with E-state index in [1.54, 1.807) is 48.5 Å². The first kappa shape index (κ1) is 36.2. The largest absolute Gasteiger partial charge is 0.481 e. The monoisotopic (exact) mass is 782 g/mol. The Morgan fingerprint density at radius 3 is 1.94 bits per heavy atom. The molecule has 0 saturated heterocycles. The minimum atomic E-state index is -3.44. The summed E-state index contributed by atoms with van der Waals surface area (Å²) in [5, 5.41) is 11.6. The first-order valence-electron chi connectivity index (χ1n) is 15.2. The molecule has 12 nitrogen and oxygen atoms in total. The second-order valence-corrected chi connectivity index (χ2v) is 17.5. The van der Waals surface area contributed by atoms with Gasteiger partial charge in [0, 0.05) is 75.7 Å². The molecule has 2 aromatic carbocycles. The first-order chi connectivity index (χ1) is 24.2. The van der Waals surface area contributed by atoms with Gasteiger partial charge >= 0.3 is 0 Å². The average Bonchev–Trinajstić information content (AvgIpc) is 3.74. The van der Waals surface area contributed by atoms with Crippen molar-refractivity contribution in [2.75, 3.05) is 36.9 Å². The number of methoxy groups -OCH3 is 1. The van der Waals surface area contributed by atoms with Gasteiger partial charge in [0.1, 0.15) is 0 Å². The van der Waals surface area contributed by atoms with Crippen molar-refractivity contribution >= 4 is 75.6 Å². The van der Waals surface area contributed by atoms with Crippen molar-refractivity contribution in [3.05, 3.63) is 93.9 Å². The number of nitrogens with zero attached hydrogens (tertiary/aromatic N) is 4. The Morgan fingerprint density at radius 2 is 1.33 bits per heavy atom. The Hall–Kier alpha value is -4.61. The number of aryl methyl sites for hydroxylation is 1. The predicted molar refractivity (Wildman–Crippen MR) is 202 cm³/mol. The number of rotatable bonds is 13. The quantitative estimate of drug-likeness (QED) is 0.118. The van der Waals surface area contributed by atoms with Crippen molar-refractivity contribution in [2.24, 2.45) is 0 Å². The molecular weight excluding hydrogens is 752 g/mol. The van der Waals surface area contributed by atoms with Crippen LogP contribution in [0.15, 0.2) is 87.3 Å². The van der Waals surface area contributed by atoms with Gasteiger partial charge in [0.2, 0.25) is 11.8 Å². The summed E-state index contributed by atoms with van der Waals surface area (Å²) in [6.07, 6.45) is 2.80. The fraction of sp³-hybridized carbons (Fsp3) is 0.176. The van der Waals surface area contributed by atoms with E-state index in [1.807, 2.05) is 29.8 Å². The van der Waals surface area contributed by atoms with Crippen LogP contribution in [0.25, 0.3) is 22.5 Å². The van der Waals surface area contributed by atoms with Gasteiger partial charge in [-0.1, -0.05) is 11.6 Å². The Bertz CT molecular complexity index is 2430. The van der Waals surface area contributed by atoms with Gasteiger partial charge in [-0.25, -0.2) is 26.8 Å². The molecule has 2 N–H and O–H groups in total. The zero-order valence-corrected chi connectivity index (χ0v) is 31.7. The molecule has 4 heterocycles. The van der Waals surface area contributed by atoms with Crippen molar-refractivity contribution in [1.82, 2.24) is 19.9 Å². The van der Waals surface area contributed by atoms with E-state index in [9.17, 15) is 16.8 Å². The van der Waals surface area contributed by atoms with Crippen LogP contribution in [0.3, 0.4) is 0 Å².